The Morgan fingerprint density at radius 1 is 0.938 bits per heavy atom. The first-order valence-corrected chi connectivity index (χ1v) is 12.9. The number of anilines is 1. The Kier molecular flexibility index (Phi) is 8.33. The molecule has 6 nitrogen and oxygen atoms in total. The third-order valence-electron chi connectivity index (χ3n) is 4.85. The summed E-state index contributed by atoms with van der Waals surface area (Å²) in [6, 6.07) is 22.5. The molecule has 32 heavy (non-hydrogen) atoms. The van der Waals surface area contributed by atoms with Crippen molar-refractivity contribution in [2.75, 3.05) is 24.4 Å². The van der Waals surface area contributed by atoms with Gasteiger partial charge in [0.25, 0.3) is 0 Å². The standard InChI is InChI=1S/C24H26N2O4S2/c1-30-21-12-14-22(15-13-21)32(28,29)26-23(16-17-31-2)24(27)25-20-10-8-19(9-11-20)18-6-4-3-5-7-18/h3-15,23,26H,16-17H2,1-2H3,(H,25,27)/t23-/m1/s1. The van der Waals surface area contributed by atoms with E-state index in [0.29, 0.717) is 23.6 Å². The van der Waals surface area contributed by atoms with Gasteiger partial charge >= 0.3 is 0 Å². The second kappa shape index (κ2) is 11.2. The summed E-state index contributed by atoms with van der Waals surface area (Å²) in [7, 11) is -2.36. The van der Waals surface area contributed by atoms with Crippen molar-refractivity contribution in [2.45, 2.75) is 17.4 Å². The fraction of sp³-hybridized carbons (Fsp3) is 0.208. The van der Waals surface area contributed by atoms with E-state index in [1.807, 2.05) is 60.9 Å². The highest BCUT2D eigenvalue weighted by Gasteiger charge is 2.25. The summed E-state index contributed by atoms with van der Waals surface area (Å²) in [4.78, 5) is 13.0. The lowest BCUT2D eigenvalue weighted by Crippen LogP contribution is -2.44. The van der Waals surface area contributed by atoms with Crippen LogP contribution < -0.4 is 14.8 Å². The predicted octanol–water partition coefficient (Wildman–Crippen LogP) is 4.40. The third-order valence-corrected chi connectivity index (χ3v) is 6.99. The molecule has 3 aromatic rings. The number of benzene rings is 3. The molecule has 0 spiro atoms. The molecule has 0 saturated heterocycles. The highest BCUT2D eigenvalue weighted by Crippen LogP contribution is 2.22. The van der Waals surface area contributed by atoms with E-state index >= 15 is 0 Å². The Morgan fingerprint density at radius 3 is 2.16 bits per heavy atom. The molecule has 1 atom stereocenters. The molecule has 3 aromatic carbocycles. The number of methoxy groups -OCH3 is 1. The molecular weight excluding hydrogens is 444 g/mol. The normalized spacial score (nSPS) is 12.2. The zero-order chi connectivity index (χ0) is 23.0. The topological polar surface area (TPSA) is 84.5 Å². The molecule has 0 aliphatic heterocycles. The first kappa shape index (κ1) is 23.8. The largest absolute Gasteiger partial charge is 0.497 e. The number of ether oxygens (including phenoxy) is 1. The van der Waals surface area contributed by atoms with Gasteiger partial charge in [0.2, 0.25) is 15.9 Å². The van der Waals surface area contributed by atoms with Crippen molar-refractivity contribution in [3.8, 4) is 16.9 Å². The fourth-order valence-electron chi connectivity index (χ4n) is 3.10. The van der Waals surface area contributed by atoms with Crippen molar-refractivity contribution < 1.29 is 17.9 Å². The van der Waals surface area contributed by atoms with Crippen molar-refractivity contribution in [3.05, 3.63) is 78.9 Å². The van der Waals surface area contributed by atoms with Gasteiger partial charge in [-0.2, -0.15) is 16.5 Å². The van der Waals surface area contributed by atoms with Crippen LogP contribution in [0.25, 0.3) is 11.1 Å². The van der Waals surface area contributed by atoms with E-state index in [1.54, 1.807) is 23.9 Å². The van der Waals surface area contributed by atoms with Crippen molar-refractivity contribution >= 4 is 33.4 Å². The minimum Gasteiger partial charge on any atom is -0.497 e. The quantitative estimate of drug-likeness (QED) is 0.459. The summed E-state index contributed by atoms with van der Waals surface area (Å²) in [5.41, 5.74) is 2.71. The van der Waals surface area contributed by atoms with Gasteiger partial charge in [-0.25, -0.2) is 8.42 Å². The molecule has 0 radical (unpaired) electrons. The smallest absolute Gasteiger partial charge is 0.242 e. The molecule has 0 saturated carbocycles. The molecule has 1 amide bonds. The Bertz CT molecular complexity index is 1120. The average Bonchev–Trinajstić information content (AvgIpc) is 2.82. The SMILES string of the molecule is COc1ccc(S(=O)(=O)N[C@H](CCSC)C(=O)Nc2ccc(-c3ccccc3)cc2)cc1. The van der Waals surface area contributed by atoms with E-state index in [0.717, 1.165) is 11.1 Å². The van der Waals surface area contributed by atoms with Crippen LogP contribution >= 0.6 is 11.8 Å². The van der Waals surface area contributed by atoms with E-state index in [2.05, 4.69) is 10.0 Å². The van der Waals surface area contributed by atoms with Crippen LogP contribution in [0.5, 0.6) is 5.75 Å². The van der Waals surface area contributed by atoms with Crippen LogP contribution in [0.2, 0.25) is 0 Å². The number of hydrogen-bond donors (Lipinski definition) is 2. The van der Waals surface area contributed by atoms with Gasteiger partial charge in [0.15, 0.2) is 0 Å². The minimum absolute atomic E-state index is 0.0764. The van der Waals surface area contributed by atoms with E-state index < -0.39 is 22.0 Å². The maximum absolute atomic E-state index is 12.9. The molecule has 0 unspecified atom stereocenters. The second-order valence-electron chi connectivity index (χ2n) is 7.06. The number of carbonyl (C=O) groups excluding carboxylic acids is 1. The first-order chi connectivity index (χ1) is 15.4. The van der Waals surface area contributed by atoms with Crippen LogP contribution in [0, 0.1) is 0 Å². The van der Waals surface area contributed by atoms with Crippen LogP contribution in [0.1, 0.15) is 6.42 Å². The van der Waals surface area contributed by atoms with Gasteiger partial charge in [-0.3, -0.25) is 4.79 Å². The average molecular weight is 471 g/mol. The number of hydrogen-bond acceptors (Lipinski definition) is 5. The Hall–Kier alpha value is -2.81. The maximum Gasteiger partial charge on any atom is 0.242 e. The first-order valence-electron chi connectivity index (χ1n) is 10.0. The van der Waals surface area contributed by atoms with Gasteiger partial charge in [0.1, 0.15) is 11.8 Å². The van der Waals surface area contributed by atoms with Gasteiger partial charge in [0.05, 0.1) is 12.0 Å². The number of amides is 1. The Balaban J connectivity index is 1.72. The summed E-state index contributed by atoms with van der Waals surface area (Å²) in [6.45, 7) is 0. The molecule has 0 aliphatic carbocycles. The van der Waals surface area contributed by atoms with Crippen molar-refractivity contribution in [1.82, 2.24) is 4.72 Å². The lowest BCUT2D eigenvalue weighted by molar-refractivity contribution is -0.117. The number of nitrogens with one attached hydrogen (secondary N) is 2. The summed E-state index contributed by atoms with van der Waals surface area (Å²) in [5.74, 6) is 0.791. The second-order valence-corrected chi connectivity index (χ2v) is 9.76. The Morgan fingerprint density at radius 2 is 1.56 bits per heavy atom. The minimum atomic E-state index is -3.87. The maximum atomic E-state index is 12.9. The summed E-state index contributed by atoms with van der Waals surface area (Å²) in [6.07, 6.45) is 2.28. The lowest BCUT2D eigenvalue weighted by Gasteiger charge is -2.18. The summed E-state index contributed by atoms with van der Waals surface area (Å²) < 4.78 is 33.3. The van der Waals surface area contributed by atoms with E-state index in [9.17, 15) is 13.2 Å². The molecule has 8 heteroatoms. The zero-order valence-corrected chi connectivity index (χ0v) is 19.6. The number of thioether (sulfide) groups is 1. The van der Waals surface area contributed by atoms with Crippen LogP contribution in [-0.2, 0) is 14.8 Å². The van der Waals surface area contributed by atoms with Gasteiger partial charge < -0.3 is 10.1 Å². The van der Waals surface area contributed by atoms with Gasteiger partial charge in [-0.15, -0.1) is 0 Å². The highest BCUT2D eigenvalue weighted by molar-refractivity contribution is 7.98. The Labute approximate surface area is 193 Å². The monoisotopic (exact) mass is 470 g/mol. The third kappa shape index (κ3) is 6.35. The van der Waals surface area contributed by atoms with E-state index in [-0.39, 0.29) is 4.90 Å². The molecule has 2 N–H and O–H groups in total. The van der Waals surface area contributed by atoms with Gasteiger partial charge in [-0.05, 0) is 66.0 Å². The number of rotatable bonds is 10. The number of carbonyl (C=O) groups is 1. The lowest BCUT2D eigenvalue weighted by atomic mass is 10.1. The zero-order valence-electron chi connectivity index (χ0n) is 17.9. The molecule has 0 fully saturated rings. The number of sulfonamides is 1. The van der Waals surface area contributed by atoms with Crippen LogP contribution in [-0.4, -0.2) is 39.5 Å². The van der Waals surface area contributed by atoms with Crippen LogP contribution in [0.15, 0.2) is 83.8 Å². The van der Waals surface area contributed by atoms with Crippen LogP contribution in [0.4, 0.5) is 5.69 Å². The summed E-state index contributed by atoms with van der Waals surface area (Å²) >= 11 is 1.55. The van der Waals surface area contributed by atoms with E-state index in [1.165, 1.54) is 19.2 Å². The molecule has 0 aromatic heterocycles. The molecule has 0 heterocycles. The highest BCUT2D eigenvalue weighted by atomic mass is 32.2. The van der Waals surface area contributed by atoms with Gasteiger partial charge in [0, 0.05) is 5.69 Å². The van der Waals surface area contributed by atoms with Gasteiger partial charge in [-0.1, -0.05) is 42.5 Å². The predicted molar refractivity (Wildman–Crippen MR) is 131 cm³/mol. The molecule has 0 aliphatic rings. The van der Waals surface area contributed by atoms with Crippen molar-refractivity contribution in [1.29, 1.82) is 0 Å². The molecule has 0 bridgehead atoms. The fourth-order valence-corrected chi connectivity index (χ4v) is 4.80. The summed E-state index contributed by atoms with van der Waals surface area (Å²) in [5, 5.41) is 2.83. The van der Waals surface area contributed by atoms with E-state index in [4.69, 9.17) is 4.74 Å². The molecule has 168 valence electrons. The van der Waals surface area contributed by atoms with Crippen LogP contribution in [0.3, 0.4) is 0 Å². The van der Waals surface area contributed by atoms with Crippen molar-refractivity contribution in [2.24, 2.45) is 0 Å². The van der Waals surface area contributed by atoms with Crippen molar-refractivity contribution in [3.63, 3.8) is 0 Å². The molecule has 3 rings (SSSR count). The molecular formula is C24H26N2O4S2.